The summed E-state index contributed by atoms with van der Waals surface area (Å²) in [6.45, 7) is 2.02. The second kappa shape index (κ2) is 10.4. The van der Waals surface area contributed by atoms with Crippen molar-refractivity contribution in [2.24, 2.45) is 0 Å². The van der Waals surface area contributed by atoms with Crippen LogP contribution in [0.3, 0.4) is 0 Å². The number of hydrogen-bond acceptors (Lipinski definition) is 4. The third-order valence-electron chi connectivity index (χ3n) is 3.15. The van der Waals surface area contributed by atoms with Crippen molar-refractivity contribution >= 4 is 46.9 Å². The van der Waals surface area contributed by atoms with Crippen LogP contribution in [0.1, 0.15) is 11.1 Å². The minimum Gasteiger partial charge on any atom is -0.272 e. The Balaban J connectivity index is 1.59. The van der Waals surface area contributed by atoms with Gasteiger partial charge in [0.25, 0.3) is 0 Å². The van der Waals surface area contributed by atoms with Crippen LogP contribution in [0.4, 0.5) is 0 Å². The van der Waals surface area contributed by atoms with Gasteiger partial charge in [0.2, 0.25) is 11.8 Å². The molecule has 0 aliphatic rings. The van der Waals surface area contributed by atoms with E-state index in [-0.39, 0.29) is 23.3 Å². The largest absolute Gasteiger partial charge is 0.272 e. The molecule has 0 atom stereocenters. The molecular formula is C18H19ClN2O2S2. The van der Waals surface area contributed by atoms with E-state index in [9.17, 15) is 9.59 Å². The molecule has 0 bridgehead atoms. The highest BCUT2D eigenvalue weighted by atomic mass is 35.5. The van der Waals surface area contributed by atoms with E-state index in [1.54, 1.807) is 0 Å². The van der Waals surface area contributed by atoms with Gasteiger partial charge >= 0.3 is 0 Å². The van der Waals surface area contributed by atoms with Crippen molar-refractivity contribution in [2.75, 3.05) is 11.5 Å². The number of benzene rings is 2. The highest BCUT2D eigenvalue weighted by molar-refractivity contribution is 8.00. The van der Waals surface area contributed by atoms with Crippen LogP contribution < -0.4 is 10.9 Å². The van der Waals surface area contributed by atoms with Gasteiger partial charge in [0, 0.05) is 15.7 Å². The molecule has 0 heterocycles. The van der Waals surface area contributed by atoms with Crippen LogP contribution >= 0.6 is 35.1 Å². The summed E-state index contributed by atoms with van der Waals surface area (Å²) in [6.07, 6.45) is 0. The molecule has 0 aromatic heterocycles. The molecule has 0 spiro atoms. The van der Waals surface area contributed by atoms with Gasteiger partial charge in [-0.25, -0.2) is 0 Å². The number of hydrogen-bond donors (Lipinski definition) is 2. The molecule has 132 valence electrons. The predicted octanol–water partition coefficient (Wildman–Crippen LogP) is 3.82. The summed E-state index contributed by atoms with van der Waals surface area (Å²) in [7, 11) is 0. The Bertz CT molecular complexity index is 706. The first-order chi connectivity index (χ1) is 12.0. The van der Waals surface area contributed by atoms with Crippen LogP contribution in [0.2, 0.25) is 5.02 Å². The summed E-state index contributed by atoms with van der Waals surface area (Å²) in [5, 5.41) is 0.692. The predicted molar refractivity (Wildman–Crippen MR) is 106 cm³/mol. The summed E-state index contributed by atoms with van der Waals surface area (Å²) in [5.74, 6) is 0.770. The number of hydrazine groups is 1. The molecule has 2 aromatic carbocycles. The summed E-state index contributed by atoms with van der Waals surface area (Å²) < 4.78 is 0. The lowest BCUT2D eigenvalue weighted by Crippen LogP contribution is -2.43. The van der Waals surface area contributed by atoms with Gasteiger partial charge in [0.15, 0.2) is 0 Å². The fourth-order valence-electron chi connectivity index (χ4n) is 1.84. The van der Waals surface area contributed by atoms with Gasteiger partial charge in [-0.05, 0) is 36.8 Å². The first kappa shape index (κ1) is 19.7. The number of aryl methyl sites for hydroxylation is 1. The van der Waals surface area contributed by atoms with E-state index < -0.39 is 0 Å². The zero-order valence-electron chi connectivity index (χ0n) is 13.8. The van der Waals surface area contributed by atoms with E-state index in [0.29, 0.717) is 10.8 Å². The van der Waals surface area contributed by atoms with Gasteiger partial charge < -0.3 is 0 Å². The van der Waals surface area contributed by atoms with Gasteiger partial charge in [-0.1, -0.05) is 41.4 Å². The van der Waals surface area contributed by atoms with Gasteiger partial charge in [0.1, 0.15) is 0 Å². The molecule has 0 unspecified atom stereocenters. The van der Waals surface area contributed by atoms with Crippen LogP contribution in [0.25, 0.3) is 0 Å². The molecule has 4 nitrogen and oxygen atoms in total. The zero-order valence-corrected chi connectivity index (χ0v) is 16.1. The number of halogens is 1. The van der Waals surface area contributed by atoms with Crippen molar-refractivity contribution in [2.45, 2.75) is 17.6 Å². The molecule has 2 rings (SSSR count). The normalized spacial score (nSPS) is 10.3. The van der Waals surface area contributed by atoms with Crippen LogP contribution in [-0.4, -0.2) is 23.3 Å². The van der Waals surface area contributed by atoms with Crippen molar-refractivity contribution in [3.8, 4) is 0 Å². The minimum absolute atomic E-state index is 0.229. The fourth-order valence-corrected chi connectivity index (χ4v) is 3.45. The smallest absolute Gasteiger partial charge is 0.248 e. The summed E-state index contributed by atoms with van der Waals surface area (Å²) in [6, 6.07) is 15.4. The van der Waals surface area contributed by atoms with E-state index in [2.05, 4.69) is 10.9 Å². The maximum absolute atomic E-state index is 11.7. The molecule has 0 radical (unpaired) electrons. The third-order valence-corrected chi connectivity index (χ3v) is 5.42. The van der Waals surface area contributed by atoms with E-state index in [1.807, 2.05) is 55.5 Å². The zero-order chi connectivity index (χ0) is 18.1. The van der Waals surface area contributed by atoms with Crippen LogP contribution in [0.15, 0.2) is 53.4 Å². The van der Waals surface area contributed by atoms with Gasteiger partial charge in [-0.2, -0.15) is 0 Å². The van der Waals surface area contributed by atoms with Crippen molar-refractivity contribution in [1.29, 1.82) is 0 Å². The number of nitrogens with one attached hydrogen (secondary N) is 2. The molecule has 0 fully saturated rings. The Hall–Kier alpha value is -1.63. The Kier molecular flexibility index (Phi) is 8.18. The number of thioether (sulfide) groups is 2. The van der Waals surface area contributed by atoms with Crippen molar-refractivity contribution in [3.63, 3.8) is 0 Å². The summed E-state index contributed by atoms with van der Waals surface area (Å²) >= 11 is 8.72. The number of amides is 2. The molecular weight excluding hydrogens is 376 g/mol. The van der Waals surface area contributed by atoms with Gasteiger partial charge in [-0.3, -0.25) is 20.4 Å². The van der Waals surface area contributed by atoms with Gasteiger partial charge in [-0.15, -0.1) is 23.5 Å². The second-order valence-corrected chi connectivity index (χ2v) is 7.79. The van der Waals surface area contributed by atoms with Crippen LogP contribution in [-0.2, 0) is 15.3 Å². The Morgan fingerprint density at radius 2 is 1.52 bits per heavy atom. The molecule has 2 amide bonds. The first-order valence-corrected chi connectivity index (χ1v) is 10.1. The first-order valence-electron chi connectivity index (χ1n) is 7.62. The van der Waals surface area contributed by atoms with Crippen LogP contribution in [0.5, 0.6) is 0 Å². The average Bonchev–Trinajstić information content (AvgIpc) is 2.61. The number of rotatable bonds is 7. The van der Waals surface area contributed by atoms with E-state index in [0.717, 1.165) is 10.5 Å². The molecule has 0 aliphatic carbocycles. The van der Waals surface area contributed by atoms with Crippen molar-refractivity contribution in [1.82, 2.24) is 10.9 Å². The number of carbonyl (C=O) groups is 2. The lowest BCUT2D eigenvalue weighted by atomic mass is 10.2. The lowest BCUT2D eigenvalue weighted by Gasteiger charge is -2.07. The second-order valence-electron chi connectivity index (χ2n) is 5.32. The molecule has 25 heavy (non-hydrogen) atoms. The molecule has 0 saturated carbocycles. The average molecular weight is 395 g/mol. The SMILES string of the molecule is Cc1ccc(SCC(=O)NNC(=O)CSCc2ccc(Cl)cc2)cc1. The fraction of sp³-hybridized carbons (Fsp3) is 0.222. The Labute approximate surface area is 161 Å². The van der Waals surface area contributed by atoms with Gasteiger partial charge in [0.05, 0.1) is 11.5 Å². The van der Waals surface area contributed by atoms with E-state index in [1.165, 1.54) is 29.1 Å². The molecule has 0 saturated heterocycles. The Morgan fingerprint density at radius 1 is 0.920 bits per heavy atom. The standard InChI is InChI=1S/C18H19ClN2O2S2/c1-13-2-8-16(9-3-13)25-12-18(23)21-20-17(22)11-24-10-14-4-6-15(19)7-5-14/h2-9H,10-12H2,1H3,(H,20,22)(H,21,23). The van der Waals surface area contributed by atoms with E-state index >= 15 is 0 Å². The molecule has 0 aliphatic heterocycles. The monoisotopic (exact) mass is 394 g/mol. The highest BCUT2D eigenvalue weighted by Crippen LogP contribution is 2.17. The molecule has 7 heteroatoms. The third kappa shape index (κ3) is 7.86. The summed E-state index contributed by atoms with van der Waals surface area (Å²) in [4.78, 5) is 24.5. The van der Waals surface area contributed by atoms with Crippen molar-refractivity contribution < 1.29 is 9.59 Å². The maximum atomic E-state index is 11.7. The maximum Gasteiger partial charge on any atom is 0.248 e. The minimum atomic E-state index is -0.235. The lowest BCUT2D eigenvalue weighted by molar-refractivity contribution is -0.126. The highest BCUT2D eigenvalue weighted by Gasteiger charge is 2.06. The van der Waals surface area contributed by atoms with E-state index in [4.69, 9.17) is 11.6 Å². The topological polar surface area (TPSA) is 58.2 Å². The van der Waals surface area contributed by atoms with Crippen molar-refractivity contribution in [3.05, 3.63) is 64.7 Å². The number of carbonyl (C=O) groups excluding carboxylic acids is 2. The quantitative estimate of drug-likeness (QED) is 0.553. The molecule has 2 N–H and O–H groups in total. The summed E-state index contributed by atoms with van der Waals surface area (Å²) in [5.41, 5.74) is 7.14. The molecule has 2 aromatic rings. The Morgan fingerprint density at radius 3 is 2.16 bits per heavy atom. The van der Waals surface area contributed by atoms with Crippen LogP contribution in [0, 0.1) is 6.92 Å².